The van der Waals surface area contributed by atoms with Gasteiger partial charge in [-0.15, -0.1) is 0 Å². The Kier molecular flexibility index (Phi) is 2.64. The molecule has 0 aliphatic rings. The van der Waals surface area contributed by atoms with Crippen LogP contribution in [0.2, 0.25) is 0 Å². The maximum atomic E-state index is 5.86. The second-order valence-corrected chi connectivity index (χ2v) is 4.24. The molecule has 4 heteroatoms. The number of nitrogens with zero attached hydrogens (tertiary/aromatic N) is 2. The Morgan fingerprint density at radius 2 is 2.12 bits per heavy atom. The predicted octanol–water partition coefficient (Wildman–Crippen LogP) is 2.49. The van der Waals surface area contributed by atoms with Crippen LogP contribution in [0.1, 0.15) is 31.0 Å². The molecule has 3 N–H and O–H groups in total. The number of nitrogens with one attached hydrogen (secondary N) is 1. The average molecular weight is 216 g/mol. The number of rotatable bonds is 2. The molecule has 2 aromatic rings. The molecule has 16 heavy (non-hydrogen) atoms. The van der Waals surface area contributed by atoms with E-state index in [1.165, 1.54) is 0 Å². The topological polar surface area (TPSA) is 67.6 Å². The maximum absolute atomic E-state index is 5.86. The lowest BCUT2D eigenvalue weighted by Crippen LogP contribution is -1.95. The summed E-state index contributed by atoms with van der Waals surface area (Å²) in [6.07, 6.45) is 1.80. The van der Waals surface area contributed by atoms with Gasteiger partial charge in [-0.3, -0.25) is 10.1 Å². The molecule has 0 bridgehead atoms. The van der Waals surface area contributed by atoms with Gasteiger partial charge in [-0.1, -0.05) is 13.8 Å². The van der Waals surface area contributed by atoms with Gasteiger partial charge < -0.3 is 5.73 Å². The minimum Gasteiger partial charge on any atom is -0.382 e. The van der Waals surface area contributed by atoms with Crippen molar-refractivity contribution in [2.75, 3.05) is 5.73 Å². The number of nitrogen functional groups attached to an aromatic ring is 1. The molecule has 0 radical (unpaired) electrons. The van der Waals surface area contributed by atoms with Crippen LogP contribution in [0.5, 0.6) is 0 Å². The minimum atomic E-state index is 0.349. The van der Waals surface area contributed by atoms with Gasteiger partial charge in [0.25, 0.3) is 0 Å². The fourth-order valence-corrected chi connectivity index (χ4v) is 1.87. The van der Waals surface area contributed by atoms with Crippen LogP contribution >= 0.6 is 0 Å². The van der Waals surface area contributed by atoms with Crippen LogP contribution in [0.15, 0.2) is 18.3 Å². The van der Waals surface area contributed by atoms with Crippen LogP contribution < -0.4 is 5.73 Å². The van der Waals surface area contributed by atoms with E-state index in [2.05, 4.69) is 29.0 Å². The summed E-state index contributed by atoms with van der Waals surface area (Å²) in [6.45, 7) is 6.19. The average Bonchev–Trinajstić information content (AvgIpc) is 2.60. The first-order valence-electron chi connectivity index (χ1n) is 5.36. The molecule has 0 aliphatic carbocycles. The highest BCUT2D eigenvalue weighted by molar-refractivity contribution is 5.68. The third-order valence-corrected chi connectivity index (χ3v) is 2.60. The van der Waals surface area contributed by atoms with Gasteiger partial charge in [0.15, 0.2) is 0 Å². The van der Waals surface area contributed by atoms with Gasteiger partial charge in [-0.2, -0.15) is 5.10 Å². The largest absolute Gasteiger partial charge is 0.382 e. The zero-order chi connectivity index (χ0) is 11.7. The van der Waals surface area contributed by atoms with Crippen LogP contribution in [0, 0.1) is 6.92 Å². The fourth-order valence-electron chi connectivity index (χ4n) is 1.87. The van der Waals surface area contributed by atoms with E-state index >= 15 is 0 Å². The fraction of sp³-hybridized carbons (Fsp3) is 0.333. The number of nitrogens with two attached hydrogens (primary N) is 1. The van der Waals surface area contributed by atoms with Crippen LogP contribution in [0.3, 0.4) is 0 Å². The number of aromatic nitrogens is 3. The number of aryl methyl sites for hydroxylation is 1. The van der Waals surface area contributed by atoms with E-state index in [1.807, 2.05) is 19.1 Å². The Morgan fingerprint density at radius 3 is 2.75 bits per heavy atom. The molecule has 0 saturated carbocycles. The number of aromatic amines is 1. The van der Waals surface area contributed by atoms with E-state index in [9.17, 15) is 0 Å². The van der Waals surface area contributed by atoms with E-state index in [0.717, 1.165) is 22.5 Å². The van der Waals surface area contributed by atoms with Crippen molar-refractivity contribution in [2.45, 2.75) is 26.7 Å². The SMILES string of the molecule is Cc1cc(-c2[nH]nc(N)c2C(C)C)ccn1. The highest BCUT2D eigenvalue weighted by Crippen LogP contribution is 2.31. The molecule has 4 nitrogen and oxygen atoms in total. The van der Waals surface area contributed by atoms with Crippen molar-refractivity contribution in [2.24, 2.45) is 0 Å². The normalized spacial score (nSPS) is 11.0. The molecule has 0 spiro atoms. The van der Waals surface area contributed by atoms with E-state index in [-0.39, 0.29) is 0 Å². The van der Waals surface area contributed by atoms with Gasteiger partial charge in [-0.05, 0) is 25.0 Å². The van der Waals surface area contributed by atoms with Crippen LogP contribution in [0.4, 0.5) is 5.82 Å². The summed E-state index contributed by atoms with van der Waals surface area (Å²) in [5, 5.41) is 7.07. The molecule has 0 aromatic carbocycles. The van der Waals surface area contributed by atoms with Crippen LogP contribution in [-0.4, -0.2) is 15.2 Å². The predicted molar refractivity (Wildman–Crippen MR) is 65.1 cm³/mol. The summed E-state index contributed by atoms with van der Waals surface area (Å²) < 4.78 is 0. The molecule has 2 heterocycles. The smallest absolute Gasteiger partial charge is 0.149 e. The van der Waals surface area contributed by atoms with Crippen molar-refractivity contribution in [3.63, 3.8) is 0 Å². The van der Waals surface area contributed by atoms with Crippen molar-refractivity contribution in [3.05, 3.63) is 29.6 Å². The van der Waals surface area contributed by atoms with Gasteiger partial charge in [0.05, 0.1) is 5.69 Å². The third kappa shape index (κ3) is 1.78. The first-order chi connectivity index (χ1) is 7.59. The lowest BCUT2D eigenvalue weighted by atomic mass is 9.99. The second kappa shape index (κ2) is 3.96. The molecule has 84 valence electrons. The second-order valence-electron chi connectivity index (χ2n) is 4.24. The van der Waals surface area contributed by atoms with Crippen LogP contribution in [0.25, 0.3) is 11.3 Å². The third-order valence-electron chi connectivity index (χ3n) is 2.60. The highest BCUT2D eigenvalue weighted by Gasteiger charge is 2.15. The lowest BCUT2D eigenvalue weighted by Gasteiger charge is -2.07. The van der Waals surface area contributed by atoms with E-state index < -0.39 is 0 Å². The monoisotopic (exact) mass is 216 g/mol. The van der Waals surface area contributed by atoms with Crippen molar-refractivity contribution >= 4 is 5.82 Å². The Balaban J connectivity index is 2.56. The number of H-pyrrole nitrogens is 1. The molecule has 0 fully saturated rings. The Morgan fingerprint density at radius 1 is 1.38 bits per heavy atom. The summed E-state index contributed by atoms with van der Waals surface area (Å²) in [6, 6.07) is 3.99. The standard InChI is InChI=1S/C12H16N4/c1-7(2)10-11(15-16-12(10)13)9-4-5-14-8(3)6-9/h4-7H,1-3H3,(H3,13,15,16). The van der Waals surface area contributed by atoms with E-state index in [1.54, 1.807) is 6.20 Å². The molecule has 0 saturated heterocycles. The van der Waals surface area contributed by atoms with Crippen molar-refractivity contribution in [1.29, 1.82) is 0 Å². The van der Waals surface area contributed by atoms with Gasteiger partial charge in [0.2, 0.25) is 0 Å². The highest BCUT2D eigenvalue weighted by atomic mass is 15.2. The quantitative estimate of drug-likeness (QED) is 0.810. The molecular weight excluding hydrogens is 200 g/mol. The van der Waals surface area contributed by atoms with Crippen molar-refractivity contribution in [1.82, 2.24) is 15.2 Å². The van der Waals surface area contributed by atoms with Crippen LogP contribution in [-0.2, 0) is 0 Å². The summed E-state index contributed by atoms with van der Waals surface area (Å²) in [5.41, 5.74) is 10.0. The van der Waals surface area contributed by atoms with Crippen molar-refractivity contribution < 1.29 is 0 Å². The molecule has 0 amide bonds. The molecule has 0 aliphatic heterocycles. The molecule has 2 rings (SSSR count). The molecule has 0 atom stereocenters. The Labute approximate surface area is 94.9 Å². The number of pyridine rings is 1. The number of anilines is 1. The van der Waals surface area contributed by atoms with E-state index in [4.69, 9.17) is 5.73 Å². The molecular formula is C12H16N4. The van der Waals surface area contributed by atoms with Gasteiger partial charge in [-0.25, -0.2) is 0 Å². The van der Waals surface area contributed by atoms with Gasteiger partial charge in [0, 0.05) is 23.0 Å². The summed E-state index contributed by atoms with van der Waals surface area (Å²) >= 11 is 0. The maximum Gasteiger partial charge on any atom is 0.149 e. The Bertz CT molecular complexity index is 499. The first kappa shape index (κ1) is 10.7. The lowest BCUT2D eigenvalue weighted by molar-refractivity contribution is 0.873. The van der Waals surface area contributed by atoms with E-state index in [0.29, 0.717) is 11.7 Å². The van der Waals surface area contributed by atoms with Gasteiger partial charge >= 0.3 is 0 Å². The van der Waals surface area contributed by atoms with Crippen molar-refractivity contribution in [3.8, 4) is 11.3 Å². The van der Waals surface area contributed by atoms with Gasteiger partial charge in [0.1, 0.15) is 5.82 Å². The minimum absolute atomic E-state index is 0.349. The molecule has 2 aromatic heterocycles. The first-order valence-corrected chi connectivity index (χ1v) is 5.36. The number of hydrogen-bond acceptors (Lipinski definition) is 3. The summed E-state index contributed by atoms with van der Waals surface area (Å²) in [7, 11) is 0. The zero-order valence-corrected chi connectivity index (χ0v) is 9.78. The summed E-state index contributed by atoms with van der Waals surface area (Å²) in [4.78, 5) is 4.18. The summed E-state index contributed by atoms with van der Waals surface area (Å²) in [5.74, 6) is 0.932. The number of hydrogen-bond donors (Lipinski definition) is 2. The molecule has 0 unspecified atom stereocenters. The zero-order valence-electron chi connectivity index (χ0n) is 9.78. The Hall–Kier alpha value is -1.84.